The van der Waals surface area contributed by atoms with Crippen LogP contribution in [-0.2, 0) is 16.1 Å². The van der Waals surface area contributed by atoms with Gasteiger partial charge in [-0.1, -0.05) is 30.3 Å². The van der Waals surface area contributed by atoms with Crippen LogP contribution in [0.5, 0.6) is 0 Å². The number of nitrogens with one attached hydrogen (secondary N) is 4. The lowest BCUT2D eigenvalue weighted by Crippen LogP contribution is -2.39. The lowest BCUT2D eigenvalue weighted by Gasteiger charge is -2.17. The van der Waals surface area contributed by atoms with E-state index in [9.17, 15) is 18.8 Å². The number of likely N-dealkylation sites (tertiary alicyclic amines) is 1. The second-order valence-corrected chi connectivity index (χ2v) is 10.1. The van der Waals surface area contributed by atoms with Crippen LogP contribution in [0.2, 0.25) is 0 Å². The van der Waals surface area contributed by atoms with E-state index in [0.29, 0.717) is 71.8 Å². The third-order valence-corrected chi connectivity index (χ3v) is 7.32. The molecule has 0 radical (unpaired) electrons. The van der Waals surface area contributed by atoms with Crippen molar-refractivity contribution in [3.63, 3.8) is 0 Å². The van der Waals surface area contributed by atoms with Gasteiger partial charge in [-0.25, -0.2) is 4.39 Å². The zero-order valence-electron chi connectivity index (χ0n) is 22.1. The van der Waals surface area contributed by atoms with Gasteiger partial charge in [0.25, 0.3) is 11.8 Å². The molecule has 2 aromatic carbocycles. The van der Waals surface area contributed by atoms with Crippen molar-refractivity contribution in [1.82, 2.24) is 20.5 Å². The molecule has 1 aromatic heterocycles. The smallest absolute Gasteiger partial charge is 0.256 e. The molecule has 2 aliphatic heterocycles. The Balaban J connectivity index is 1.18. The van der Waals surface area contributed by atoms with Crippen LogP contribution in [0.25, 0.3) is 11.6 Å². The average molecular weight is 530 g/mol. The van der Waals surface area contributed by atoms with Crippen LogP contribution in [0.15, 0.2) is 48.5 Å². The minimum Gasteiger partial charge on any atom is -0.358 e. The number of anilines is 1. The summed E-state index contributed by atoms with van der Waals surface area (Å²) < 4.78 is 13.8. The van der Waals surface area contributed by atoms with Crippen LogP contribution < -0.4 is 16.0 Å². The number of halogens is 1. The number of benzene rings is 2. The monoisotopic (exact) mass is 529 g/mol. The zero-order chi connectivity index (χ0) is 27.5. The van der Waals surface area contributed by atoms with Gasteiger partial charge >= 0.3 is 0 Å². The maximum Gasteiger partial charge on any atom is 0.256 e. The van der Waals surface area contributed by atoms with Gasteiger partial charge in [0.15, 0.2) is 0 Å². The van der Waals surface area contributed by atoms with Gasteiger partial charge in [0, 0.05) is 61.3 Å². The van der Waals surface area contributed by atoms with Crippen molar-refractivity contribution in [1.29, 1.82) is 0 Å². The molecule has 39 heavy (non-hydrogen) atoms. The summed E-state index contributed by atoms with van der Waals surface area (Å²) in [6.45, 7) is 6.02. The van der Waals surface area contributed by atoms with Gasteiger partial charge in [0.2, 0.25) is 5.91 Å². The minimum absolute atomic E-state index is 0.0711. The molecule has 0 aliphatic carbocycles. The van der Waals surface area contributed by atoms with Crippen molar-refractivity contribution in [2.45, 2.75) is 39.3 Å². The first-order valence-electron chi connectivity index (χ1n) is 13.2. The second-order valence-electron chi connectivity index (χ2n) is 10.1. The molecule has 0 saturated carbocycles. The molecule has 3 aromatic rings. The summed E-state index contributed by atoms with van der Waals surface area (Å²) in [6.07, 6.45) is 2.75. The normalized spacial score (nSPS) is 17.4. The molecule has 1 fully saturated rings. The van der Waals surface area contributed by atoms with Gasteiger partial charge < -0.3 is 25.8 Å². The Morgan fingerprint density at radius 1 is 1.15 bits per heavy atom. The van der Waals surface area contributed by atoms with Crippen molar-refractivity contribution in [2.75, 3.05) is 25.0 Å². The maximum absolute atomic E-state index is 13.8. The second kappa shape index (κ2) is 11.2. The molecule has 0 bridgehead atoms. The molecule has 4 N–H and O–H groups in total. The van der Waals surface area contributed by atoms with E-state index in [4.69, 9.17) is 0 Å². The van der Waals surface area contributed by atoms with E-state index < -0.39 is 5.82 Å². The summed E-state index contributed by atoms with van der Waals surface area (Å²) >= 11 is 0. The van der Waals surface area contributed by atoms with E-state index >= 15 is 0 Å². The molecule has 2 aliphatic rings. The first-order chi connectivity index (χ1) is 18.8. The predicted molar refractivity (Wildman–Crippen MR) is 148 cm³/mol. The average Bonchev–Trinajstić information content (AvgIpc) is 3.58. The number of aromatic nitrogens is 1. The van der Waals surface area contributed by atoms with Gasteiger partial charge in [0.05, 0.1) is 11.1 Å². The van der Waals surface area contributed by atoms with Crippen LogP contribution in [0, 0.1) is 19.7 Å². The van der Waals surface area contributed by atoms with Crippen LogP contribution in [-0.4, -0.2) is 53.3 Å². The van der Waals surface area contributed by atoms with Crippen LogP contribution in [0.1, 0.15) is 51.3 Å². The SMILES string of the molecule is Cc1[nH]c(/C=C2\C(=O)Nc3ccc(F)cc32)c(C)c1C(=O)N[C@H]1CCN(C(=O)CCNCc2ccccc2)C1. The van der Waals surface area contributed by atoms with Crippen molar-refractivity contribution < 1.29 is 18.8 Å². The number of fused-ring (bicyclic) bond motifs is 1. The molecule has 0 unspecified atom stereocenters. The van der Waals surface area contributed by atoms with Crippen molar-refractivity contribution in [3.05, 3.63) is 88.0 Å². The van der Waals surface area contributed by atoms with Crippen molar-refractivity contribution >= 4 is 35.1 Å². The Morgan fingerprint density at radius 2 is 1.95 bits per heavy atom. The zero-order valence-corrected chi connectivity index (χ0v) is 22.1. The highest BCUT2D eigenvalue weighted by Gasteiger charge is 2.29. The molecular formula is C30H32FN5O3. The lowest BCUT2D eigenvalue weighted by molar-refractivity contribution is -0.130. The topological polar surface area (TPSA) is 106 Å². The maximum atomic E-state index is 13.8. The van der Waals surface area contributed by atoms with Crippen molar-refractivity contribution in [3.8, 4) is 0 Å². The van der Waals surface area contributed by atoms with Crippen LogP contribution in [0.4, 0.5) is 10.1 Å². The summed E-state index contributed by atoms with van der Waals surface area (Å²) in [7, 11) is 0. The molecule has 1 saturated heterocycles. The van der Waals surface area contributed by atoms with Crippen LogP contribution >= 0.6 is 0 Å². The molecule has 9 heteroatoms. The Kier molecular flexibility index (Phi) is 7.60. The lowest BCUT2D eigenvalue weighted by atomic mass is 10.0. The fourth-order valence-corrected chi connectivity index (χ4v) is 5.25. The van der Waals surface area contributed by atoms with E-state index in [0.717, 1.165) is 6.54 Å². The number of aryl methyl sites for hydroxylation is 1. The quantitative estimate of drug-likeness (QED) is 0.263. The van der Waals surface area contributed by atoms with E-state index in [1.54, 1.807) is 17.9 Å². The number of carbonyl (C=O) groups excluding carboxylic acids is 3. The van der Waals surface area contributed by atoms with Crippen LogP contribution in [0.3, 0.4) is 0 Å². The molecular weight excluding hydrogens is 497 g/mol. The Hall–Kier alpha value is -4.24. The van der Waals surface area contributed by atoms with Crippen molar-refractivity contribution in [2.24, 2.45) is 0 Å². The Morgan fingerprint density at radius 3 is 2.74 bits per heavy atom. The summed E-state index contributed by atoms with van der Waals surface area (Å²) in [5.74, 6) is -0.902. The first kappa shape index (κ1) is 26.4. The fourth-order valence-electron chi connectivity index (χ4n) is 5.25. The Bertz CT molecular complexity index is 1450. The number of amides is 3. The van der Waals surface area contributed by atoms with Gasteiger partial charge in [-0.3, -0.25) is 14.4 Å². The number of H-pyrrole nitrogens is 1. The van der Waals surface area contributed by atoms with E-state index in [2.05, 4.69) is 20.9 Å². The summed E-state index contributed by atoms with van der Waals surface area (Å²) in [6, 6.07) is 14.1. The summed E-state index contributed by atoms with van der Waals surface area (Å²) in [5, 5.41) is 9.12. The molecule has 1 atom stereocenters. The fraction of sp³-hybridized carbons (Fsp3) is 0.300. The van der Waals surface area contributed by atoms with Gasteiger partial charge in [0.1, 0.15) is 5.82 Å². The number of hydrogen-bond acceptors (Lipinski definition) is 4. The summed E-state index contributed by atoms with van der Waals surface area (Å²) in [5.41, 5.74) is 5.05. The number of aromatic amines is 1. The highest BCUT2D eigenvalue weighted by atomic mass is 19.1. The minimum atomic E-state index is -0.428. The molecule has 5 rings (SSSR count). The number of nitrogens with zero attached hydrogens (tertiary/aromatic N) is 1. The van der Waals surface area contributed by atoms with E-state index in [-0.39, 0.29) is 23.8 Å². The first-order valence-corrected chi connectivity index (χ1v) is 13.2. The van der Waals surface area contributed by atoms with Gasteiger partial charge in [-0.15, -0.1) is 0 Å². The highest BCUT2D eigenvalue weighted by molar-refractivity contribution is 6.34. The third kappa shape index (κ3) is 5.78. The molecule has 8 nitrogen and oxygen atoms in total. The largest absolute Gasteiger partial charge is 0.358 e. The highest BCUT2D eigenvalue weighted by Crippen LogP contribution is 2.34. The molecule has 3 heterocycles. The standard InChI is InChI=1S/C30H32FN5O3/c1-18-26(15-24-23-14-21(31)8-9-25(23)35-29(24)38)33-19(2)28(18)30(39)34-22-11-13-36(17-22)27(37)10-12-32-16-20-6-4-3-5-7-20/h3-9,14-15,22,32-33H,10-13,16-17H2,1-2H3,(H,34,39)(H,35,38)/b24-15-/t22-/m0/s1. The molecule has 0 spiro atoms. The van der Waals surface area contributed by atoms with Gasteiger partial charge in [-0.05, 0) is 55.7 Å². The van der Waals surface area contributed by atoms with E-state index in [1.807, 2.05) is 37.3 Å². The van der Waals surface area contributed by atoms with Gasteiger partial charge in [-0.2, -0.15) is 0 Å². The van der Waals surface area contributed by atoms with E-state index in [1.165, 1.54) is 23.8 Å². The number of rotatable bonds is 8. The summed E-state index contributed by atoms with van der Waals surface area (Å²) in [4.78, 5) is 43.4. The number of carbonyl (C=O) groups is 3. The third-order valence-electron chi connectivity index (χ3n) is 7.32. The Labute approximate surface area is 226 Å². The molecule has 202 valence electrons. The predicted octanol–water partition coefficient (Wildman–Crippen LogP) is 3.77. The molecule has 3 amide bonds. The number of hydrogen-bond donors (Lipinski definition) is 4.